The monoisotopic (exact) mass is 443 g/mol. The highest BCUT2D eigenvalue weighted by molar-refractivity contribution is 5.08. The summed E-state index contributed by atoms with van der Waals surface area (Å²) in [6.07, 6.45) is -26.4. The second kappa shape index (κ2) is 5.91. The van der Waals surface area contributed by atoms with Crippen molar-refractivity contribution in [3.8, 4) is 0 Å². The smallest absolute Gasteiger partial charge is 0.320 e. The maximum Gasteiger partial charge on any atom is 0.456 e. The number of halogens is 15. The molecule has 0 aromatic heterocycles. The SMILES string of the molecule is COC(F)(F)C(F)N1C(F)(F)C(F)(C(F)(F)F)OC(F)(C(F)(F)F)C1(F)F. The highest BCUT2D eigenvalue weighted by atomic mass is 19.4. The first kappa shape index (κ1) is 23.9. The molecule has 27 heavy (non-hydrogen) atoms. The predicted octanol–water partition coefficient (Wildman–Crippen LogP) is 4.50. The lowest BCUT2D eigenvalue weighted by molar-refractivity contribution is -0.590. The summed E-state index contributed by atoms with van der Waals surface area (Å²) in [5, 5.41) is 0. The maximum atomic E-state index is 13.7. The molecule has 0 N–H and O–H groups in total. The summed E-state index contributed by atoms with van der Waals surface area (Å²) in [6.45, 7) is 0. The Morgan fingerprint density at radius 3 is 1.26 bits per heavy atom. The second-order valence-electron chi connectivity index (χ2n) is 4.84. The summed E-state index contributed by atoms with van der Waals surface area (Å²) in [7, 11) is -0.289. The number of hydrogen-bond acceptors (Lipinski definition) is 3. The summed E-state index contributed by atoms with van der Waals surface area (Å²) in [5.74, 6) is -14.7. The van der Waals surface area contributed by atoms with Gasteiger partial charge in [-0.1, -0.05) is 0 Å². The molecule has 3 nitrogen and oxygen atoms in total. The van der Waals surface area contributed by atoms with E-state index in [2.05, 4.69) is 4.74 Å². The standard InChI is InChI=1S/C9H4F15NO2/c1-26-3(11,12)2(10)25-8(21,22)4(13,6(15,16)17)27-5(14,7(18,19)20)9(25,23)24/h2H,1H3. The van der Waals surface area contributed by atoms with Gasteiger partial charge in [0.25, 0.3) is 6.30 Å². The van der Waals surface area contributed by atoms with Crippen molar-refractivity contribution >= 4 is 0 Å². The van der Waals surface area contributed by atoms with E-state index < -0.39 is 53.5 Å². The van der Waals surface area contributed by atoms with Crippen molar-refractivity contribution in [2.45, 2.75) is 48.6 Å². The lowest BCUT2D eigenvalue weighted by Crippen LogP contribution is -2.84. The largest absolute Gasteiger partial charge is 0.456 e. The molecule has 0 spiro atoms. The van der Waals surface area contributed by atoms with E-state index in [1.807, 2.05) is 0 Å². The van der Waals surface area contributed by atoms with Gasteiger partial charge in [0.15, 0.2) is 0 Å². The molecule has 0 aromatic rings. The van der Waals surface area contributed by atoms with E-state index >= 15 is 0 Å². The first-order valence-electron chi connectivity index (χ1n) is 5.88. The number of rotatable bonds is 3. The molecule has 1 saturated heterocycles. The lowest BCUT2D eigenvalue weighted by Gasteiger charge is -2.54. The van der Waals surface area contributed by atoms with Crippen LogP contribution in [0.25, 0.3) is 0 Å². The van der Waals surface area contributed by atoms with Crippen LogP contribution in [0, 0.1) is 0 Å². The number of morpholine rings is 1. The van der Waals surface area contributed by atoms with Crippen molar-refractivity contribution in [1.29, 1.82) is 0 Å². The average Bonchev–Trinajstić information content (AvgIpc) is 2.42. The van der Waals surface area contributed by atoms with Crippen LogP contribution in [-0.4, -0.2) is 60.6 Å². The first-order chi connectivity index (χ1) is 11.5. The number of methoxy groups -OCH3 is 1. The molecule has 1 rings (SSSR count). The summed E-state index contributed by atoms with van der Waals surface area (Å²) < 4.78 is 201. The molecule has 1 fully saturated rings. The highest BCUT2D eigenvalue weighted by Crippen LogP contribution is 2.64. The van der Waals surface area contributed by atoms with Gasteiger partial charge in [0.1, 0.15) is 0 Å². The van der Waals surface area contributed by atoms with Gasteiger partial charge in [0.05, 0.1) is 0 Å². The third-order valence-corrected chi connectivity index (χ3v) is 3.17. The van der Waals surface area contributed by atoms with Gasteiger partial charge < -0.3 is 4.74 Å². The van der Waals surface area contributed by atoms with E-state index in [1.165, 1.54) is 0 Å². The van der Waals surface area contributed by atoms with Gasteiger partial charge in [-0.05, 0) is 0 Å². The summed E-state index contributed by atoms with van der Waals surface area (Å²) in [5.41, 5.74) is 0. The Labute approximate surface area is 137 Å². The molecule has 0 aliphatic carbocycles. The molecule has 3 unspecified atom stereocenters. The van der Waals surface area contributed by atoms with Crippen LogP contribution in [0.15, 0.2) is 0 Å². The van der Waals surface area contributed by atoms with Gasteiger partial charge in [0, 0.05) is 7.11 Å². The fourth-order valence-electron chi connectivity index (χ4n) is 1.79. The maximum absolute atomic E-state index is 13.7. The Kier molecular flexibility index (Phi) is 5.23. The Bertz CT molecular complexity index is 535. The zero-order valence-corrected chi connectivity index (χ0v) is 12.0. The van der Waals surface area contributed by atoms with Gasteiger partial charge in [-0.15, -0.1) is 4.90 Å². The normalized spacial score (nSPS) is 33.8. The Hall–Kier alpha value is -1.17. The second-order valence-corrected chi connectivity index (χ2v) is 4.84. The molecule has 1 aliphatic rings. The van der Waals surface area contributed by atoms with Crippen molar-refractivity contribution in [3.05, 3.63) is 0 Å². The van der Waals surface area contributed by atoms with E-state index in [0.717, 1.165) is 0 Å². The molecule has 1 aliphatic heterocycles. The van der Waals surface area contributed by atoms with Gasteiger partial charge in [-0.25, -0.2) is 4.39 Å². The van der Waals surface area contributed by atoms with E-state index in [1.54, 1.807) is 4.74 Å². The highest BCUT2D eigenvalue weighted by Gasteiger charge is 2.94. The van der Waals surface area contributed by atoms with E-state index in [0.29, 0.717) is 0 Å². The van der Waals surface area contributed by atoms with Crippen LogP contribution >= 0.6 is 0 Å². The molecule has 0 aromatic carbocycles. The minimum Gasteiger partial charge on any atom is -0.320 e. The van der Waals surface area contributed by atoms with Crippen LogP contribution in [-0.2, 0) is 9.47 Å². The van der Waals surface area contributed by atoms with Crippen molar-refractivity contribution in [2.75, 3.05) is 7.11 Å². The molecule has 0 amide bonds. The molecule has 3 atom stereocenters. The van der Waals surface area contributed by atoms with Crippen molar-refractivity contribution < 1.29 is 75.3 Å². The van der Waals surface area contributed by atoms with Crippen molar-refractivity contribution in [3.63, 3.8) is 0 Å². The summed E-state index contributed by atoms with van der Waals surface area (Å²) in [4.78, 5) is -3.58. The predicted molar refractivity (Wildman–Crippen MR) is 49.5 cm³/mol. The van der Waals surface area contributed by atoms with E-state index in [4.69, 9.17) is 0 Å². The third-order valence-electron chi connectivity index (χ3n) is 3.17. The van der Waals surface area contributed by atoms with Crippen LogP contribution in [0.3, 0.4) is 0 Å². The van der Waals surface area contributed by atoms with Crippen LogP contribution < -0.4 is 0 Å². The van der Waals surface area contributed by atoms with Crippen molar-refractivity contribution in [2.24, 2.45) is 0 Å². The minimum absolute atomic E-state index is 0.289. The van der Waals surface area contributed by atoms with Gasteiger partial charge in [-0.2, -0.15) is 61.5 Å². The number of alkyl halides is 15. The molecular weight excluding hydrogens is 439 g/mol. The quantitative estimate of drug-likeness (QED) is 0.474. The summed E-state index contributed by atoms with van der Waals surface area (Å²) >= 11 is 0. The zero-order chi connectivity index (χ0) is 22.1. The summed E-state index contributed by atoms with van der Waals surface area (Å²) in [6, 6.07) is -14.7. The number of nitrogens with zero attached hydrogens (tertiary/aromatic N) is 1. The van der Waals surface area contributed by atoms with Gasteiger partial charge >= 0.3 is 42.3 Å². The van der Waals surface area contributed by atoms with Crippen LogP contribution in [0.5, 0.6) is 0 Å². The molecule has 0 radical (unpaired) electrons. The van der Waals surface area contributed by atoms with Crippen molar-refractivity contribution in [1.82, 2.24) is 4.90 Å². The molecule has 0 saturated carbocycles. The Morgan fingerprint density at radius 1 is 0.741 bits per heavy atom. The molecule has 18 heteroatoms. The number of hydrogen-bond donors (Lipinski definition) is 0. The molecule has 1 heterocycles. The van der Waals surface area contributed by atoms with Gasteiger partial charge in [-0.3, -0.25) is 4.74 Å². The molecule has 162 valence electrons. The Morgan fingerprint density at radius 2 is 1.04 bits per heavy atom. The average molecular weight is 443 g/mol. The van der Waals surface area contributed by atoms with E-state index in [9.17, 15) is 65.9 Å². The number of ether oxygens (including phenoxy) is 2. The van der Waals surface area contributed by atoms with Gasteiger partial charge in [0.2, 0.25) is 0 Å². The Balaban J connectivity index is 3.90. The van der Waals surface area contributed by atoms with Crippen LogP contribution in [0.4, 0.5) is 65.9 Å². The van der Waals surface area contributed by atoms with E-state index in [-0.39, 0.29) is 7.11 Å². The fraction of sp³-hybridized carbons (Fsp3) is 1.00. The lowest BCUT2D eigenvalue weighted by atomic mass is 10.0. The first-order valence-corrected chi connectivity index (χ1v) is 5.88. The van der Waals surface area contributed by atoms with Crippen LogP contribution in [0.1, 0.15) is 0 Å². The molecule has 0 bridgehead atoms. The zero-order valence-electron chi connectivity index (χ0n) is 12.0. The van der Waals surface area contributed by atoms with Crippen LogP contribution in [0.2, 0.25) is 0 Å². The minimum atomic E-state index is -7.43. The fourth-order valence-corrected chi connectivity index (χ4v) is 1.79. The third kappa shape index (κ3) is 2.99. The molecular formula is C9H4F15NO2. The topological polar surface area (TPSA) is 21.7 Å².